The van der Waals surface area contributed by atoms with Gasteiger partial charge in [0.2, 0.25) is 0 Å². The molecule has 21 heavy (non-hydrogen) atoms. The van der Waals surface area contributed by atoms with Gasteiger partial charge in [0, 0.05) is 5.39 Å². The van der Waals surface area contributed by atoms with Gasteiger partial charge in [0.25, 0.3) is 0 Å². The van der Waals surface area contributed by atoms with Gasteiger partial charge >= 0.3 is 0 Å². The summed E-state index contributed by atoms with van der Waals surface area (Å²) in [5.74, 6) is -0.162. The van der Waals surface area contributed by atoms with Crippen LogP contribution < -0.4 is 5.43 Å². The van der Waals surface area contributed by atoms with Gasteiger partial charge in [-0.2, -0.15) is 5.10 Å². The topological polar surface area (TPSA) is 57.5 Å². The summed E-state index contributed by atoms with van der Waals surface area (Å²) in [4.78, 5) is 4.32. The van der Waals surface area contributed by atoms with Crippen LogP contribution in [0.4, 0.5) is 10.1 Å². The monoisotopic (exact) mass is 281 g/mol. The first-order valence-corrected chi connectivity index (χ1v) is 6.36. The highest BCUT2D eigenvalue weighted by molar-refractivity contribution is 5.88. The Kier molecular flexibility index (Phi) is 3.47. The maximum atomic E-state index is 12.8. The van der Waals surface area contributed by atoms with E-state index in [1.54, 1.807) is 30.3 Å². The van der Waals surface area contributed by atoms with E-state index in [0.717, 1.165) is 5.39 Å². The van der Waals surface area contributed by atoms with Crippen molar-refractivity contribution >= 4 is 22.8 Å². The SMILES string of the molecule is Oc1cccc2ccc(/C=N/Nc3ccc(F)cc3)nc12. The van der Waals surface area contributed by atoms with Crippen molar-refractivity contribution in [2.45, 2.75) is 0 Å². The fourth-order valence-electron chi connectivity index (χ4n) is 1.92. The molecule has 0 aliphatic heterocycles. The Morgan fingerprint density at radius 1 is 1.05 bits per heavy atom. The zero-order valence-corrected chi connectivity index (χ0v) is 11.0. The number of benzene rings is 2. The normalized spacial score (nSPS) is 11.1. The lowest BCUT2D eigenvalue weighted by atomic mass is 10.2. The zero-order chi connectivity index (χ0) is 14.7. The molecular weight excluding hydrogens is 269 g/mol. The average molecular weight is 281 g/mol. The summed E-state index contributed by atoms with van der Waals surface area (Å²) in [5.41, 5.74) is 4.60. The number of anilines is 1. The minimum atomic E-state index is -0.295. The molecular formula is C16H12FN3O. The number of hydrogen-bond acceptors (Lipinski definition) is 4. The van der Waals surface area contributed by atoms with Crippen LogP contribution in [0.2, 0.25) is 0 Å². The molecule has 0 aliphatic rings. The van der Waals surface area contributed by atoms with Gasteiger partial charge in [-0.15, -0.1) is 0 Å². The van der Waals surface area contributed by atoms with Gasteiger partial charge < -0.3 is 5.11 Å². The molecule has 2 aromatic carbocycles. The molecule has 0 radical (unpaired) electrons. The average Bonchev–Trinajstić information content (AvgIpc) is 2.50. The van der Waals surface area contributed by atoms with Gasteiger partial charge in [0.15, 0.2) is 0 Å². The van der Waals surface area contributed by atoms with E-state index >= 15 is 0 Å². The summed E-state index contributed by atoms with van der Waals surface area (Å²) < 4.78 is 12.8. The van der Waals surface area contributed by atoms with Gasteiger partial charge in [-0.05, 0) is 36.4 Å². The minimum Gasteiger partial charge on any atom is -0.506 e. The highest BCUT2D eigenvalue weighted by atomic mass is 19.1. The number of hydrazone groups is 1. The lowest BCUT2D eigenvalue weighted by Crippen LogP contribution is -1.93. The van der Waals surface area contributed by atoms with E-state index in [2.05, 4.69) is 15.5 Å². The van der Waals surface area contributed by atoms with Crippen LogP contribution in [0, 0.1) is 5.82 Å². The van der Waals surface area contributed by atoms with Crippen LogP contribution in [0.25, 0.3) is 10.9 Å². The molecule has 104 valence electrons. The van der Waals surface area contributed by atoms with E-state index in [1.807, 2.05) is 12.1 Å². The molecule has 3 aromatic rings. The lowest BCUT2D eigenvalue weighted by molar-refractivity contribution is 0.480. The summed E-state index contributed by atoms with van der Waals surface area (Å²) in [6.07, 6.45) is 1.54. The molecule has 0 spiro atoms. The number of fused-ring (bicyclic) bond motifs is 1. The highest BCUT2D eigenvalue weighted by Gasteiger charge is 2.01. The fourth-order valence-corrected chi connectivity index (χ4v) is 1.92. The molecule has 5 heteroatoms. The molecule has 0 atom stereocenters. The standard InChI is InChI=1S/C16H12FN3O/c17-12-5-8-13(9-6-12)20-18-10-14-7-4-11-2-1-3-15(21)16(11)19-14/h1-10,20-21H/b18-10+. The number of phenolic OH excluding ortho intramolecular Hbond substituents is 1. The zero-order valence-electron chi connectivity index (χ0n) is 11.0. The molecule has 1 aromatic heterocycles. The van der Waals surface area contributed by atoms with E-state index in [9.17, 15) is 9.50 Å². The Labute approximate surface area is 120 Å². The van der Waals surface area contributed by atoms with Crippen LogP contribution >= 0.6 is 0 Å². The van der Waals surface area contributed by atoms with Crippen LogP contribution in [0.15, 0.2) is 59.7 Å². The number of rotatable bonds is 3. The molecule has 0 aliphatic carbocycles. The summed E-state index contributed by atoms with van der Waals surface area (Å²) in [6.45, 7) is 0. The molecule has 3 rings (SSSR count). The lowest BCUT2D eigenvalue weighted by Gasteiger charge is -2.01. The van der Waals surface area contributed by atoms with Crippen molar-refractivity contribution in [3.8, 4) is 5.75 Å². The third-order valence-electron chi connectivity index (χ3n) is 2.96. The second kappa shape index (κ2) is 5.58. The Morgan fingerprint density at radius 3 is 2.67 bits per heavy atom. The minimum absolute atomic E-state index is 0.134. The van der Waals surface area contributed by atoms with Crippen molar-refractivity contribution in [3.63, 3.8) is 0 Å². The van der Waals surface area contributed by atoms with E-state index in [4.69, 9.17) is 0 Å². The smallest absolute Gasteiger partial charge is 0.141 e. The molecule has 0 bridgehead atoms. The number of nitrogens with one attached hydrogen (secondary N) is 1. The van der Waals surface area contributed by atoms with Gasteiger partial charge in [-0.3, -0.25) is 5.43 Å². The number of hydrogen-bond donors (Lipinski definition) is 2. The van der Waals surface area contributed by atoms with Crippen molar-refractivity contribution in [1.29, 1.82) is 0 Å². The molecule has 4 nitrogen and oxygen atoms in total. The van der Waals surface area contributed by atoms with Gasteiger partial charge in [-0.25, -0.2) is 9.37 Å². The van der Waals surface area contributed by atoms with E-state index in [1.165, 1.54) is 18.3 Å². The number of para-hydroxylation sites is 1. The number of phenols is 1. The predicted octanol–water partition coefficient (Wildman–Crippen LogP) is 3.53. The molecule has 2 N–H and O–H groups in total. The highest BCUT2D eigenvalue weighted by Crippen LogP contribution is 2.21. The van der Waals surface area contributed by atoms with Gasteiger partial charge in [0.1, 0.15) is 17.1 Å². The van der Waals surface area contributed by atoms with Crippen molar-refractivity contribution < 1.29 is 9.50 Å². The third kappa shape index (κ3) is 2.97. The summed E-state index contributed by atoms with van der Waals surface area (Å²) in [6, 6.07) is 14.8. The van der Waals surface area contributed by atoms with Crippen LogP contribution in [0.1, 0.15) is 5.69 Å². The Bertz CT molecular complexity index is 800. The quantitative estimate of drug-likeness (QED) is 0.570. The number of halogens is 1. The first kappa shape index (κ1) is 13.1. The van der Waals surface area contributed by atoms with Gasteiger partial charge in [-0.1, -0.05) is 18.2 Å². The predicted molar refractivity (Wildman–Crippen MR) is 81.0 cm³/mol. The number of pyridine rings is 1. The van der Waals surface area contributed by atoms with Crippen LogP contribution in [0.5, 0.6) is 5.75 Å². The molecule has 0 fully saturated rings. The number of aromatic nitrogens is 1. The van der Waals surface area contributed by atoms with Crippen LogP contribution in [-0.4, -0.2) is 16.3 Å². The summed E-state index contributed by atoms with van der Waals surface area (Å²) in [7, 11) is 0. The molecule has 0 saturated carbocycles. The van der Waals surface area contributed by atoms with E-state index in [-0.39, 0.29) is 11.6 Å². The largest absolute Gasteiger partial charge is 0.506 e. The van der Waals surface area contributed by atoms with Crippen molar-refractivity contribution in [3.05, 3.63) is 66.1 Å². The van der Waals surface area contributed by atoms with Crippen LogP contribution in [-0.2, 0) is 0 Å². The van der Waals surface area contributed by atoms with E-state index < -0.39 is 0 Å². The second-order valence-electron chi connectivity index (χ2n) is 4.46. The third-order valence-corrected chi connectivity index (χ3v) is 2.96. The van der Waals surface area contributed by atoms with Gasteiger partial charge in [0.05, 0.1) is 17.6 Å². The second-order valence-corrected chi connectivity index (χ2v) is 4.46. The molecule has 1 heterocycles. The Hall–Kier alpha value is -2.95. The van der Waals surface area contributed by atoms with Crippen molar-refractivity contribution in [2.75, 3.05) is 5.43 Å². The summed E-state index contributed by atoms with van der Waals surface area (Å²) in [5, 5.41) is 14.7. The fraction of sp³-hybridized carbons (Fsp3) is 0. The first-order valence-electron chi connectivity index (χ1n) is 6.36. The maximum absolute atomic E-state index is 12.8. The summed E-state index contributed by atoms with van der Waals surface area (Å²) >= 11 is 0. The molecule has 0 amide bonds. The van der Waals surface area contributed by atoms with Crippen molar-refractivity contribution in [1.82, 2.24) is 4.98 Å². The number of nitrogens with zero attached hydrogens (tertiary/aromatic N) is 2. The Balaban J connectivity index is 1.79. The van der Waals surface area contributed by atoms with E-state index in [0.29, 0.717) is 16.9 Å². The Morgan fingerprint density at radius 2 is 1.86 bits per heavy atom. The number of aromatic hydroxyl groups is 1. The molecule has 0 saturated heterocycles. The van der Waals surface area contributed by atoms with Crippen LogP contribution in [0.3, 0.4) is 0 Å². The first-order chi connectivity index (χ1) is 10.2. The van der Waals surface area contributed by atoms with Crippen molar-refractivity contribution in [2.24, 2.45) is 5.10 Å². The molecule has 0 unspecified atom stereocenters. The maximum Gasteiger partial charge on any atom is 0.141 e.